The molecule has 1 atom stereocenters. The number of ether oxygens (including phenoxy) is 1. The number of H-pyrrole nitrogens is 1. The van der Waals surface area contributed by atoms with Gasteiger partial charge in [-0.15, -0.1) is 0 Å². The first-order chi connectivity index (χ1) is 14.2. The molecule has 0 bridgehead atoms. The fourth-order valence-electron chi connectivity index (χ4n) is 3.44. The highest BCUT2D eigenvalue weighted by atomic mass is 16.5. The number of benzene rings is 3. The van der Waals surface area contributed by atoms with E-state index in [2.05, 4.69) is 10.3 Å². The van der Waals surface area contributed by atoms with Crippen molar-refractivity contribution in [3.05, 3.63) is 96.1 Å². The van der Waals surface area contributed by atoms with Gasteiger partial charge in [-0.25, -0.2) is 4.79 Å². The molecule has 1 aromatic heterocycles. The number of aromatic nitrogens is 1. The van der Waals surface area contributed by atoms with Crippen molar-refractivity contribution in [3.63, 3.8) is 0 Å². The van der Waals surface area contributed by atoms with Crippen molar-refractivity contribution >= 4 is 22.8 Å². The summed E-state index contributed by atoms with van der Waals surface area (Å²) in [6.45, 7) is 0. The number of aromatic amines is 1. The number of carbonyl (C=O) groups is 2. The van der Waals surface area contributed by atoms with E-state index in [0.29, 0.717) is 16.8 Å². The number of carbonyl (C=O) groups excluding carboxylic acids is 2. The van der Waals surface area contributed by atoms with Gasteiger partial charge in [0, 0.05) is 10.9 Å². The molecule has 0 aliphatic rings. The van der Waals surface area contributed by atoms with Crippen molar-refractivity contribution in [2.24, 2.45) is 0 Å². The number of hydrogen-bond acceptors (Lipinski definition) is 3. The molecule has 0 aliphatic carbocycles. The number of methoxy groups -OCH3 is 1. The molecular weight excluding hydrogens is 364 g/mol. The molecular formula is C24H20N2O3. The molecule has 5 heteroatoms. The highest BCUT2D eigenvalue weighted by Gasteiger charge is 2.27. The van der Waals surface area contributed by atoms with Gasteiger partial charge in [0.15, 0.2) is 6.04 Å². The Balaban J connectivity index is 1.79. The van der Waals surface area contributed by atoms with Crippen LogP contribution in [0.4, 0.5) is 0 Å². The van der Waals surface area contributed by atoms with Crippen molar-refractivity contribution in [1.29, 1.82) is 0 Å². The zero-order chi connectivity index (χ0) is 20.2. The van der Waals surface area contributed by atoms with E-state index in [0.717, 1.165) is 16.5 Å². The third-order valence-corrected chi connectivity index (χ3v) is 4.84. The lowest BCUT2D eigenvalue weighted by atomic mass is 10.0. The molecule has 0 saturated carbocycles. The lowest BCUT2D eigenvalue weighted by Crippen LogP contribution is -2.34. The Hall–Kier alpha value is -3.86. The van der Waals surface area contributed by atoms with Crippen LogP contribution in [0, 0.1) is 0 Å². The number of nitrogens with one attached hydrogen (secondary N) is 2. The minimum atomic E-state index is -0.897. The lowest BCUT2D eigenvalue weighted by Gasteiger charge is -2.17. The first-order valence-corrected chi connectivity index (χ1v) is 9.29. The molecule has 144 valence electrons. The largest absolute Gasteiger partial charge is 0.467 e. The van der Waals surface area contributed by atoms with E-state index in [1.54, 1.807) is 12.1 Å². The molecule has 1 amide bonds. The van der Waals surface area contributed by atoms with Gasteiger partial charge in [-0.05, 0) is 17.2 Å². The molecule has 29 heavy (non-hydrogen) atoms. The third-order valence-electron chi connectivity index (χ3n) is 4.84. The molecule has 4 rings (SSSR count). The van der Waals surface area contributed by atoms with E-state index in [-0.39, 0.29) is 5.91 Å². The Bertz CT molecular complexity index is 1150. The number of hydrogen-bond donors (Lipinski definition) is 2. The summed E-state index contributed by atoms with van der Waals surface area (Å²) in [5.41, 5.74) is 3.61. The van der Waals surface area contributed by atoms with Gasteiger partial charge in [0.2, 0.25) is 0 Å². The van der Waals surface area contributed by atoms with Gasteiger partial charge in [-0.2, -0.15) is 0 Å². The van der Waals surface area contributed by atoms with Gasteiger partial charge in [-0.1, -0.05) is 78.9 Å². The Morgan fingerprint density at radius 3 is 2.17 bits per heavy atom. The predicted molar refractivity (Wildman–Crippen MR) is 112 cm³/mol. The molecule has 0 saturated heterocycles. The van der Waals surface area contributed by atoms with E-state index >= 15 is 0 Å². The van der Waals surface area contributed by atoms with Crippen LogP contribution in [0.15, 0.2) is 84.9 Å². The van der Waals surface area contributed by atoms with E-state index < -0.39 is 12.0 Å². The zero-order valence-electron chi connectivity index (χ0n) is 15.9. The van der Waals surface area contributed by atoms with Crippen molar-refractivity contribution in [3.8, 4) is 11.3 Å². The maximum absolute atomic E-state index is 13.4. The highest BCUT2D eigenvalue weighted by molar-refractivity contribution is 6.13. The summed E-state index contributed by atoms with van der Waals surface area (Å²) < 4.78 is 4.93. The second kappa shape index (κ2) is 8.02. The lowest BCUT2D eigenvalue weighted by molar-refractivity contribution is -0.143. The van der Waals surface area contributed by atoms with Crippen molar-refractivity contribution in [2.45, 2.75) is 6.04 Å². The van der Waals surface area contributed by atoms with Gasteiger partial charge >= 0.3 is 5.97 Å². The standard InChI is InChI=1S/C24H20N2O3/c1-29-24(28)22(17-12-6-3-7-13-17)26-23(27)20-18-14-8-9-15-19(18)25-21(20)16-10-4-2-5-11-16/h2-15,22,25H,1H3,(H,26,27). The van der Waals surface area contributed by atoms with Crippen molar-refractivity contribution in [1.82, 2.24) is 10.3 Å². The maximum atomic E-state index is 13.4. The first kappa shape index (κ1) is 18.5. The number of esters is 1. The summed E-state index contributed by atoms with van der Waals surface area (Å²) in [4.78, 5) is 29.1. The van der Waals surface area contributed by atoms with Crippen molar-refractivity contribution in [2.75, 3.05) is 7.11 Å². The molecule has 2 N–H and O–H groups in total. The topological polar surface area (TPSA) is 71.2 Å². The minimum absolute atomic E-state index is 0.347. The average Bonchev–Trinajstić information content (AvgIpc) is 3.18. The van der Waals surface area contributed by atoms with E-state index in [9.17, 15) is 9.59 Å². The van der Waals surface area contributed by atoms with Crippen LogP contribution in [0.2, 0.25) is 0 Å². The molecule has 0 radical (unpaired) electrons. The molecule has 3 aromatic carbocycles. The Morgan fingerprint density at radius 1 is 0.862 bits per heavy atom. The molecule has 1 unspecified atom stereocenters. The molecule has 0 spiro atoms. The second-order valence-corrected chi connectivity index (χ2v) is 6.63. The van der Waals surface area contributed by atoms with Crippen LogP contribution in [-0.4, -0.2) is 24.0 Å². The van der Waals surface area contributed by atoms with Crippen LogP contribution >= 0.6 is 0 Å². The Morgan fingerprint density at radius 2 is 1.48 bits per heavy atom. The summed E-state index contributed by atoms with van der Waals surface area (Å²) >= 11 is 0. The fourth-order valence-corrected chi connectivity index (χ4v) is 3.44. The van der Waals surface area contributed by atoms with Crippen LogP contribution in [-0.2, 0) is 9.53 Å². The maximum Gasteiger partial charge on any atom is 0.333 e. The number of amides is 1. The SMILES string of the molecule is COC(=O)C(NC(=O)c1c(-c2ccccc2)[nH]c2ccccc12)c1ccccc1. The van der Waals surface area contributed by atoms with Crippen LogP contribution in [0.5, 0.6) is 0 Å². The monoisotopic (exact) mass is 384 g/mol. The second-order valence-electron chi connectivity index (χ2n) is 6.63. The van der Waals surface area contributed by atoms with Crippen LogP contribution in [0.1, 0.15) is 22.0 Å². The smallest absolute Gasteiger partial charge is 0.333 e. The minimum Gasteiger partial charge on any atom is -0.467 e. The normalized spacial score (nSPS) is 11.8. The first-order valence-electron chi connectivity index (χ1n) is 9.29. The zero-order valence-corrected chi connectivity index (χ0v) is 15.9. The summed E-state index contributed by atoms with van der Waals surface area (Å²) in [6.07, 6.45) is 0. The van der Waals surface area contributed by atoms with E-state index in [1.165, 1.54) is 7.11 Å². The fraction of sp³-hybridized carbons (Fsp3) is 0.0833. The number of rotatable bonds is 5. The van der Waals surface area contributed by atoms with Gasteiger partial charge in [-0.3, -0.25) is 4.79 Å². The summed E-state index contributed by atoms with van der Waals surface area (Å²) in [7, 11) is 1.31. The van der Waals surface area contributed by atoms with Gasteiger partial charge in [0.1, 0.15) is 0 Å². The van der Waals surface area contributed by atoms with E-state index in [4.69, 9.17) is 4.74 Å². The molecule has 0 aliphatic heterocycles. The van der Waals surface area contributed by atoms with Crippen LogP contribution in [0.3, 0.4) is 0 Å². The molecule has 4 aromatic rings. The van der Waals surface area contributed by atoms with E-state index in [1.807, 2.05) is 72.8 Å². The molecule has 0 fully saturated rings. The summed E-state index contributed by atoms with van der Waals surface area (Å²) in [5.74, 6) is -0.869. The van der Waals surface area contributed by atoms with Crippen LogP contribution < -0.4 is 5.32 Å². The quantitative estimate of drug-likeness (QED) is 0.499. The Labute approximate surface area is 168 Å². The van der Waals surface area contributed by atoms with Gasteiger partial charge in [0.05, 0.1) is 18.4 Å². The predicted octanol–water partition coefficient (Wildman–Crippen LogP) is 4.48. The molecule has 1 heterocycles. The Kier molecular flexibility index (Phi) is 5.12. The number of fused-ring (bicyclic) bond motifs is 1. The number of para-hydroxylation sites is 1. The average molecular weight is 384 g/mol. The van der Waals surface area contributed by atoms with Crippen LogP contribution in [0.25, 0.3) is 22.2 Å². The summed E-state index contributed by atoms with van der Waals surface area (Å²) in [5, 5.41) is 3.65. The summed E-state index contributed by atoms with van der Waals surface area (Å²) in [6, 6.07) is 25.4. The van der Waals surface area contributed by atoms with Gasteiger partial charge in [0.25, 0.3) is 5.91 Å². The van der Waals surface area contributed by atoms with Gasteiger partial charge < -0.3 is 15.0 Å². The molecule has 5 nitrogen and oxygen atoms in total. The van der Waals surface area contributed by atoms with Crippen molar-refractivity contribution < 1.29 is 14.3 Å². The highest BCUT2D eigenvalue weighted by Crippen LogP contribution is 2.31. The third kappa shape index (κ3) is 3.62.